The molecule has 3 rings (SSSR count). The average molecular weight is 538 g/mol. The summed E-state index contributed by atoms with van der Waals surface area (Å²) in [6.07, 6.45) is 2.51. The molecule has 7 nitrogen and oxygen atoms in total. The lowest BCUT2D eigenvalue weighted by Gasteiger charge is -2.26. The quantitative estimate of drug-likeness (QED) is 0.362. The van der Waals surface area contributed by atoms with Gasteiger partial charge in [-0.15, -0.1) is 11.3 Å². The molecule has 0 saturated carbocycles. The Labute approximate surface area is 219 Å². The van der Waals surface area contributed by atoms with Gasteiger partial charge in [-0.1, -0.05) is 49.0 Å². The summed E-state index contributed by atoms with van der Waals surface area (Å²) in [6.45, 7) is 7.95. The summed E-state index contributed by atoms with van der Waals surface area (Å²) in [5, 5.41) is 6.53. The lowest BCUT2D eigenvalue weighted by molar-refractivity contribution is -0.145. The van der Waals surface area contributed by atoms with Crippen molar-refractivity contribution in [3.63, 3.8) is 0 Å². The van der Waals surface area contributed by atoms with Crippen LogP contribution in [0, 0.1) is 0 Å². The minimum absolute atomic E-state index is 0.232. The number of carbonyl (C=O) groups excluding carboxylic acids is 2. The van der Waals surface area contributed by atoms with E-state index in [-0.39, 0.29) is 12.6 Å². The SMILES string of the molecule is CCCCC(C(=O)OCC)c1csc(C2=NC(c3ccc(Cl)cc3Cl)C(C(=O)OCC)=C(C)N2)n1. The number of aromatic nitrogens is 1. The smallest absolute Gasteiger partial charge is 0.338 e. The number of unbranched alkanes of at least 4 members (excludes halogenated alkanes) is 1. The van der Waals surface area contributed by atoms with Crippen LogP contribution in [0.15, 0.2) is 39.8 Å². The number of aliphatic imine (C=N–C) groups is 1. The van der Waals surface area contributed by atoms with E-state index in [1.807, 2.05) is 5.38 Å². The number of hydrogen-bond donors (Lipinski definition) is 1. The number of allylic oxidation sites excluding steroid dienone is 1. The zero-order valence-electron chi connectivity index (χ0n) is 20.2. The Morgan fingerprint density at radius 3 is 2.57 bits per heavy atom. The third-order valence-corrected chi connectivity index (χ3v) is 6.92. The van der Waals surface area contributed by atoms with Gasteiger partial charge in [0.05, 0.1) is 30.4 Å². The van der Waals surface area contributed by atoms with Crippen molar-refractivity contribution in [3.8, 4) is 0 Å². The highest BCUT2D eigenvalue weighted by molar-refractivity contribution is 7.11. The molecule has 1 aliphatic heterocycles. The van der Waals surface area contributed by atoms with Crippen molar-refractivity contribution in [2.24, 2.45) is 4.99 Å². The molecule has 0 radical (unpaired) electrons. The van der Waals surface area contributed by atoms with Gasteiger partial charge in [0.1, 0.15) is 6.04 Å². The van der Waals surface area contributed by atoms with Gasteiger partial charge >= 0.3 is 11.9 Å². The Balaban J connectivity index is 2.02. The monoisotopic (exact) mass is 537 g/mol. The highest BCUT2D eigenvalue weighted by Gasteiger charge is 2.33. The number of ether oxygens (including phenoxy) is 2. The summed E-state index contributed by atoms with van der Waals surface area (Å²) in [6, 6.07) is 4.37. The van der Waals surface area contributed by atoms with E-state index in [2.05, 4.69) is 12.2 Å². The first-order valence-electron chi connectivity index (χ1n) is 11.6. The molecule has 35 heavy (non-hydrogen) atoms. The van der Waals surface area contributed by atoms with Crippen molar-refractivity contribution in [1.29, 1.82) is 0 Å². The van der Waals surface area contributed by atoms with Crippen LogP contribution in [0.1, 0.15) is 75.2 Å². The van der Waals surface area contributed by atoms with E-state index in [4.69, 9.17) is 42.7 Å². The third-order valence-electron chi connectivity index (χ3n) is 5.49. The Morgan fingerprint density at radius 1 is 1.17 bits per heavy atom. The number of halogens is 2. The standard InChI is InChI=1S/C25H29Cl2N3O4S/c1-5-8-9-17(24(31)33-6-2)19-13-35-23(29-19)22-28-14(4)20(25(32)34-7-3)21(30-22)16-11-10-15(26)12-18(16)27/h10-13,17,21H,5-9H2,1-4H3,(H,28,30). The number of hydrogen-bond acceptors (Lipinski definition) is 8. The zero-order valence-corrected chi connectivity index (χ0v) is 22.5. The van der Waals surface area contributed by atoms with Crippen molar-refractivity contribution < 1.29 is 19.1 Å². The van der Waals surface area contributed by atoms with Gasteiger partial charge in [-0.3, -0.25) is 9.79 Å². The normalized spacial score (nSPS) is 16.4. The molecule has 1 N–H and O–H groups in total. The molecule has 0 saturated heterocycles. The number of rotatable bonds is 10. The lowest BCUT2D eigenvalue weighted by atomic mass is 9.96. The highest BCUT2D eigenvalue weighted by atomic mass is 35.5. The maximum absolute atomic E-state index is 12.8. The van der Waals surface area contributed by atoms with Crippen LogP contribution in [0.5, 0.6) is 0 Å². The van der Waals surface area contributed by atoms with Crippen LogP contribution in [0.4, 0.5) is 0 Å². The molecular weight excluding hydrogens is 509 g/mol. The van der Waals surface area contributed by atoms with E-state index in [0.29, 0.717) is 56.4 Å². The van der Waals surface area contributed by atoms with E-state index in [0.717, 1.165) is 12.8 Å². The van der Waals surface area contributed by atoms with Crippen LogP contribution in [0.2, 0.25) is 10.0 Å². The first-order chi connectivity index (χ1) is 16.8. The van der Waals surface area contributed by atoms with Crippen molar-refractivity contribution in [2.45, 2.75) is 58.9 Å². The Morgan fingerprint density at radius 2 is 1.91 bits per heavy atom. The predicted octanol–water partition coefficient (Wildman–Crippen LogP) is 6.22. The van der Waals surface area contributed by atoms with Crippen LogP contribution in [0.25, 0.3) is 0 Å². The molecule has 10 heteroatoms. The molecular formula is C25H29Cl2N3O4S. The molecule has 0 bridgehead atoms. The maximum atomic E-state index is 12.8. The number of nitrogens with zero attached hydrogens (tertiary/aromatic N) is 2. The minimum Gasteiger partial charge on any atom is -0.465 e. The molecule has 1 aromatic heterocycles. The van der Waals surface area contributed by atoms with Gasteiger partial charge in [-0.2, -0.15) is 0 Å². The van der Waals surface area contributed by atoms with Crippen LogP contribution in [-0.4, -0.2) is 36.0 Å². The first-order valence-corrected chi connectivity index (χ1v) is 13.2. The van der Waals surface area contributed by atoms with Crippen LogP contribution >= 0.6 is 34.5 Å². The van der Waals surface area contributed by atoms with Gasteiger partial charge in [-0.05, 0) is 39.3 Å². The van der Waals surface area contributed by atoms with Gasteiger partial charge in [0.25, 0.3) is 0 Å². The summed E-state index contributed by atoms with van der Waals surface area (Å²) < 4.78 is 10.6. The second-order valence-corrected chi connectivity index (χ2v) is 9.66. The third kappa shape index (κ3) is 6.42. The molecule has 1 aromatic carbocycles. The molecule has 1 aliphatic rings. The molecule has 0 amide bonds. The van der Waals surface area contributed by atoms with Gasteiger partial charge in [-0.25, -0.2) is 9.78 Å². The van der Waals surface area contributed by atoms with Crippen molar-refractivity contribution in [2.75, 3.05) is 13.2 Å². The van der Waals surface area contributed by atoms with Crippen molar-refractivity contribution in [1.82, 2.24) is 10.3 Å². The number of carbonyl (C=O) groups is 2. The lowest BCUT2D eigenvalue weighted by Crippen LogP contribution is -2.33. The first kappa shape index (κ1) is 27.2. The van der Waals surface area contributed by atoms with E-state index in [9.17, 15) is 9.59 Å². The van der Waals surface area contributed by atoms with Gasteiger partial charge < -0.3 is 14.8 Å². The van der Waals surface area contributed by atoms with Crippen LogP contribution in [-0.2, 0) is 19.1 Å². The average Bonchev–Trinajstić information content (AvgIpc) is 3.29. The minimum atomic E-state index is -0.705. The second kappa shape index (κ2) is 12.5. The molecule has 0 fully saturated rings. The number of nitrogens with one attached hydrogen (secondary N) is 1. The Bertz CT molecular complexity index is 1150. The van der Waals surface area contributed by atoms with Gasteiger partial charge in [0.2, 0.25) is 0 Å². The molecule has 2 heterocycles. The fourth-order valence-electron chi connectivity index (χ4n) is 3.80. The number of amidine groups is 1. The van der Waals surface area contributed by atoms with E-state index < -0.39 is 17.9 Å². The molecule has 2 aromatic rings. The van der Waals surface area contributed by atoms with Gasteiger partial charge in [0, 0.05) is 26.7 Å². The largest absolute Gasteiger partial charge is 0.465 e. The molecule has 2 unspecified atom stereocenters. The molecule has 0 spiro atoms. The summed E-state index contributed by atoms with van der Waals surface area (Å²) in [7, 11) is 0. The van der Waals surface area contributed by atoms with Gasteiger partial charge in [0.15, 0.2) is 10.8 Å². The van der Waals surface area contributed by atoms with Crippen LogP contribution in [0.3, 0.4) is 0 Å². The zero-order chi connectivity index (χ0) is 25.5. The Kier molecular flexibility index (Phi) is 9.71. The summed E-state index contributed by atoms with van der Waals surface area (Å²) in [5.74, 6) is -0.695. The number of thiazole rings is 1. The summed E-state index contributed by atoms with van der Waals surface area (Å²) in [4.78, 5) is 34.9. The second-order valence-electron chi connectivity index (χ2n) is 7.95. The summed E-state index contributed by atoms with van der Waals surface area (Å²) in [5.41, 5.74) is 2.24. The molecule has 0 aliphatic carbocycles. The van der Waals surface area contributed by atoms with Crippen molar-refractivity contribution >= 4 is 52.3 Å². The predicted molar refractivity (Wildman–Crippen MR) is 139 cm³/mol. The Hall–Kier alpha value is -2.42. The fourth-order valence-corrected chi connectivity index (χ4v) is 5.13. The van der Waals surface area contributed by atoms with Crippen LogP contribution < -0.4 is 5.32 Å². The van der Waals surface area contributed by atoms with E-state index in [1.165, 1.54) is 11.3 Å². The summed E-state index contributed by atoms with van der Waals surface area (Å²) >= 11 is 14.0. The molecule has 188 valence electrons. The maximum Gasteiger partial charge on any atom is 0.338 e. The number of esters is 2. The van der Waals surface area contributed by atoms with E-state index in [1.54, 1.807) is 39.0 Å². The fraction of sp³-hybridized carbons (Fsp3) is 0.440. The number of benzene rings is 1. The van der Waals surface area contributed by atoms with E-state index >= 15 is 0 Å². The topological polar surface area (TPSA) is 89.9 Å². The molecule has 2 atom stereocenters. The highest BCUT2D eigenvalue weighted by Crippen LogP contribution is 2.37. The van der Waals surface area contributed by atoms with Crippen molar-refractivity contribution in [3.05, 3.63) is 61.2 Å².